The van der Waals surface area contributed by atoms with Crippen molar-refractivity contribution >= 4 is 5.91 Å². The predicted molar refractivity (Wildman–Crippen MR) is 68.9 cm³/mol. The highest BCUT2D eigenvalue weighted by Gasteiger charge is 2.04. The van der Waals surface area contributed by atoms with Crippen molar-refractivity contribution in [1.29, 1.82) is 0 Å². The van der Waals surface area contributed by atoms with Gasteiger partial charge < -0.3 is 10.2 Å². The number of amides is 1. The minimum atomic E-state index is -0.574. The predicted octanol–water partition coefficient (Wildman–Crippen LogP) is 1.68. The second-order valence-corrected chi connectivity index (χ2v) is 4.49. The van der Waals surface area contributed by atoms with Crippen molar-refractivity contribution in [2.45, 2.75) is 19.3 Å². The summed E-state index contributed by atoms with van der Waals surface area (Å²) in [4.78, 5) is 17.2. The molecular weight excluding hydrogens is 232 g/mol. The van der Waals surface area contributed by atoms with Gasteiger partial charge in [-0.15, -0.1) is 0 Å². The number of carbonyl (C=O) groups is 1. The van der Waals surface area contributed by atoms with Crippen molar-refractivity contribution in [1.82, 2.24) is 15.2 Å². The Morgan fingerprint density at radius 2 is 2.11 bits per heavy atom. The van der Waals surface area contributed by atoms with Crippen LogP contribution in [0.5, 0.6) is 0 Å². The first kappa shape index (κ1) is 14.6. The molecule has 1 aromatic heterocycles. The maximum Gasteiger partial charge on any atom is 0.252 e. The van der Waals surface area contributed by atoms with Gasteiger partial charge in [-0.25, -0.2) is 4.98 Å². The molecule has 0 saturated heterocycles. The van der Waals surface area contributed by atoms with Crippen LogP contribution in [0.15, 0.2) is 18.3 Å². The summed E-state index contributed by atoms with van der Waals surface area (Å²) < 4.78 is 12.6. The van der Waals surface area contributed by atoms with Gasteiger partial charge in [0, 0.05) is 12.7 Å². The highest BCUT2D eigenvalue weighted by atomic mass is 18.2. The molecule has 0 aliphatic heterocycles. The van der Waals surface area contributed by atoms with Gasteiger partial charge in [0.15, 0.2) is 0 Å². The Morgan fingerprint density at radius 1 is 1.33 bits per heavy atom. The summed E-state index contributed by atoms with van der Waals surface area (Å²) in [7, 11) is 4.09. The minimum absolute atomic E-state index is 0.199. The molecule has 0 spiro atoms. The molecule has 1 aromatic rings. The summed E-state index contributed by atoms with van der Waals surface area (Å²) in [6.07, 6.45) is 4.41. The lowest BCUT2D eigenvalue weighted by Gasteiger charge is -2.09. The summed E-state index contributed by atoms with van der Waals surface area (Å²) >= 11 is 0. The molecule has 100 valence electrons. The number of unbranched alkanes of at least 4 members (excludes halogenated alkanes) is 2. The van der Waals surface area contributed by atoms with E-state index in [2.05, 4.69) is 15.2 Å². The molecule has 0 saturated carbocycles. The summed E-state index contributed by atoms with van der Waals surface area (Å²) in [5, 5.41) is 2.79. The smallest absolute Gasteiger partial charge is 0.252 e. The molecule has 0 aromatic carbocycles. The Labute approximate surface area is 107 Å². The quantitative estimate of drug-likeness (QED) is 0.593. The van der Waals surface area contributed by atoms with Gasteiger partial charge >= 0.3 is 0 Å². The maximum absolute atomic E-state index is 12.6. The van der Waals surface area contributed by atoms with Crippen molar-refractivity contribution in [3.8, 4) is 0 Å². The van der Waals surface area contributed by atoms with Crippen molar-refractivity contribution in [3.63, 3.8) is 0 Å². The Balaban J connectivity index is 2.16. The lowest BCUT2D eigenvalue weighted by Crippen LogP contribution is -2.24. The van der Waals surface area contributed by atoms with Crippen LogP contribution >= 0.6 is 0 Å². The molecule has 1 amide bonds. The fraction of sp³-hybridized carbons (Fsp3) is 0.538. The highest BCUT2D eigenvalue weighted by molar-refractivity contribution is 5.93. The Bertz CT molecular complexity index is 365. The second-order valence-electron chi connectivity index (χ2n) is 4.49. The van der Waals surface area contributed by atoms with Gasteiger partial charge in [0.1, 0.15) is 0 Å². The lowest BCUT2D eigenvalue weighted by atomic mass is 10.2. The van der Waals surface area contributed by atoms with E-state index in [1.54, 1.807) is 0 Å². The molecule has 18 heavy (non-hydrogen) atoms. The monoisotopic (exact) mass is 252 g/mol. The average molecular weight is 252 g/mol. The second kappa shape index (κ2) is 7.76. The molecule has 0 fully saturated rings. The number of halogens is 1. The number of rotatable bonds is 7. The van der Waals surface area contributed by atoms with Crippen LogP contribution in [0, 0.1) is 5.95 Å². The Morgan fingerprint density at radius 3 is 2.72 bits per heavy atom. The third-order valence-corrected chi connectivity index (χ3v) is 2.56. The van der Waals surface area contributed by atoms with E-state index < -0.39 is 5.95 Å². The molecule has 0 aliphatic carbocycles. The molecule has 1 rings (SSSR count). The first-order valence-electron chi connectivity index (χ1n) is 6.14. The molecule has 0 atom stereocenters. The van der Waals surface area contributed by atoms with Crippen LogP contribution in [0.2, 0.25) is 0 Å². The number of hydrogen-bond acceptors (Lipinski definition) is 3. The number of carbonyl (C=O) groups excluding carboxylic acids is 1. The highest BCUT2D eigenvalue weighted by Crippen LogP contribution is 2.00. The van der Waals surface area contributed by atoms with Gasteiger partial charge in [0.2, 0.25) is 5.95 Å². The zero-order valence-electron chi connectivity index (χ0n) is 10.9. The van der Waals surface area contributed by atoms with E-state index in [1.165, 1.54) is 18.3 Å². The standard InChI is InChI=1S/C13H20FN3O/c1-17(2)9-5-3-4-8-15-13(18)11-6-7-12(14)16-10-11/h6-7,10H,3-5,8-9H2,1-2H3,(H,15,18)/i14-1. The van der Waals surface area contributed by atoms with Crippen LogP contribution < -0.4 is 5.32 Å². The van der Waals surface area contributed by atoms with E-state index in [-0.39, 0.29) is 5.91 Å². The molecule has 0 radical (unpaired) electrons. The largest absolute Gasteiger partial charge is 0.352 e. The van der Waals surface area contributed by atoms with Crippen molar-refractivity contribution in [3.05, 3.63) is 29.8 Å². The third-order valence-electron chi connectivity index (χ3n) is 2.56. The van der Waals surface area contributed by atoms with E-state index in [9.17, 15) is 9.18 Å². The third kappa shape index (κ3) is 5.72. The molecule has 1 N–H and O–H groups in total. The van der Waals surface area contributed by atoms with Gasteiger partial charge in [-0.1, -0.05) is 6.42 Å². The molecule has 5 heteroatoms. The topological polar surface area (TPSA) is 45.2 Å². The van der Waals surface area contributed by atoms with Crippen LogP contribution in [-0.4, -0.2) is 43.0 Å². The van der Waals surface area contributed by atoms with Gasteiger partial charge in [-0.2, -0.15) is 4.39 Å². The normalized spacial score (nSPS) is 10.7. The SMILES string of the molecule is CN(C)CCCCCNC(=O)c1ccc([18F])nc1. The van der Waals surface area contributed by atoms with E-state index in [4.69, 9.17) is 0 Å². The number of hydrogen-bond donors (Lipinski definition) is 1. The molecular formula is C13H20FN3O. The van der Waals surface area contributed by atoms with Crippen molar-refractivity contribution < 1.29 is 9.18 Å². The number of pyridine rings is 1. The molecule has 0 unspecified atom stereocenters. The lowest BCUT2D eigenvalue weighted by molar-refractivity contribution is 0.0952. The maximum atomic E-state index is 12.6. The average Bonchev–Trinajstić information content (AvgIpc) is 2.34. The number of nitrogens with one attached hydrogen (secondary N) is 1. The Kier molecular flexibility index (Phi) is 6.28. The molecule has 1 heterocycles. The van der Waals surface area contributed by atoms with Gasteiger partial charge in [-0.05, 0) is 45.6 Å². The minimum Gasteiger partial charge on any atom is -0.352 e. The van der Waals surface area contributed by atoms with Crippen LogP contribution in [-0.2, 0) is 0 Å². The first-order valence-corrected chi connectivity index (χ1v) is 6.14. The van der Waals surface area contributed by atoms with E-state index in [0.717, 1.165) is 25.8 Å². The van der Waals surface area contributed by atoms with Gasteiger partial charge in [0.25, 0.3) is 5.91 Å². The summed E-state index contributed by atoms with van der Waals surface area (Å²) in [6.45, 7) is 1.71. The fourth-order valence-corrected chi connectivity index (χ4v) is 1.54. The summed E-state index contributed by atoms with van der Waals surface area (Å²) in [5.41, 5.74) is 0.393. The summed E-state index contributed by atoms with van der Waals surface area (Å²) in [6, 6.07) is 2.62. The molecule has 4 nitrogen and oxygen atoms in total. The van der Waals surface area contributed by atoms with Gasteiger partial charge in [-0.3, -0.25) is 4.79 Å². The van der Waals surface area contributed by atoms with Gasteiger partial charge in [0.05, 0.1) is 5.56 Å². The summed E-state index contributed by atoms with van der Waals surface area (Å²) in [5.74, 6) is -0.773. The number of nitrogens with zero attached hydrogens (tertiary/aromatic N) is 2. The Hall–Kier alpha value is -1.49. The van der Waals surface area contributed by atoms with Crippen LogP contribution in [0.1, 0.15) is 29.6 Å². The number of aromatic nitrogens is 1. The fourth-order valence-electron chi connectivity index (χ4n) is 1.54. The first-order chi connectivity index (χ1) is 8.59. The van der Waals surface area contributed by atoms with Crippen LogP contribution in [0.3, 0.4) is 0 Å². The van der Waals surface area contributed by atoms with Crippen LogP contribution in [0.4, 0.5) is 4.39 Å². The van der Waals surface area contributed by atoms with Crippen molar-refractivity contribution in [2.24, 2.45) is 0 Å². The van der Waals surface area contributed by atoms with E-state index in [1.807, 2.05) is 14.1 Å². The van der Waals surface area contributed by atoms with Crippen LogP contribution in [0.25, 0.3) is 0 Å². The van der Waals surface area contributed by atoms with Crippen molar-refractivity contribution in [2.75, 3.05) is 27.2 Å². The zero-order valence-corrected chi connectivity index (χ0v) is 10.9. The van der Waals surface area contributed by atoms with E-state index >= 15 is 0 Å². The zero-order chi connectivity index (χ0) is 13.4. The molecule has 0 aliphatic rings. The van der Waals surface area contributed by atoms with E-state index in [0.29, 0.717) is 12.1 Å². The molecule has 0 bridgehead atoms.